The zero-order valence-corrected chi connectivity index (χ0v) is 10.2. The summed E-state index contributed by atoms with van der Waals surface area (Å²) in [7, 11) is 0. The van der Waals surface area contributed by atoms with E-state index in [-0.39, 0.29) is 6.61 Å². The lowest BCUT2D eigenvalue weighted by atomic mass is 10.0. The maximum absolute atomic E-state index is 10.7. The number of hydrogen-bond donors (Lipinski definition) is 3. The quantitative estimate of drug-likeness (QED) is 0.413. The number of rotatable bonds is 9. The van der Waals surface area contributed by atoms with Gasteiger partial charge in [-0.2, -0.15) is 0 Å². The van der Waals surface area contributed by atoms with Crippen molar-refractivity contribution in [3.63, 3.8) is 0 Å². The van der Waals surface area contributed by atoms with Gasteiger partial charge >= 0.3 is 5.97 Å². The van der Waals surface area contributed by atoms with E-state index in [1.807, 2.05) is 6.92 Å². The Kier molecular flexibility index (Phi) is 8.85. The van der Waals surface area contributed by atoms with Crippen molar-refractivity contribution < 1.29 is 15.0 Å². The third-order valence-electron chi connectivity index (χ3n) is 2.70. The van der Waals surface area contributed by atoms with Crippen LogP contribution in [-0.2, 0) is 4.79 Å². The lowest BCUT2D eigenvalue weighted by molar-refractivity contribution is -0.132. The fourth-order valence-corrected chi connectivity index (χ4v) is 1.50. The molecule has 0 aromatic heterocycles. The van der Waals surface area contributed by atoms with E-state index in [1.165, 1.54) is 0 Å². The number of carboxylic acid groups (broad SMARTS) is 1. The molecule has 0 saturated carbocycles. The van der Waals surface area contributed by atoms with Crippen molar-refractivity contribution in [3.05, 3.63) is 11.6 Å². The maximum atomic E-state index is 10.7. The van der Waals surface area contributed by atoms with Crippen LogP contribution in [0.25, 0.3) is 0 Å². The topological polar surface area (TPSA) is 69.6 Å². The minimum atomic E-state index is -0.841. The predicted molar refractivity (Wildman–Crippen MR) is 64.4 cm³/mol. The molecule has 4 nitrogen and oxygen atoms in total. The van der Waals surface area contributed by atoms with Gasteiger partial charge in [0.2, 0.25) is 0 Å². The molecule has 1 unspecified atom stereocenters. The Hall–Kier alpha value is -0.870. The summed E-state index contributed by atoms with van der Waals surface area (Å²) in [6.07, 6.45) is 4.09. The third-order valence-corrected chi connectivity index (χ3v) is 2.70. The molecule has 0 spiro atoms. The summed E-state index contributed by atoms with van der Waals surface area (Å²) < 4.78 is 0. The summed E-state index contributed by atoms with van der Waals surface area (Å²) in [6.45, 7) is 5.54. The van der Waals surface area contributed by atoms with Crippen molar-refractivity contribution in [2.75, 3.05) is 19.7 Å². The van der Waals surface area contributed by atoms with E-state index in [1.54, 1.807) is 6.08 Å². The van der Waals surface area contributed by atoms with Gasteiger partial charge in [0.15, 0.2) is 0 Å². The highest BCUT2D eigenvalue weighted by Gasteiger charge is 2.05. The standard InChI is InChI=1S/C12H23NO3/c1-3-10(6-8-14)9-13-7-5-11(4-2)12(15)16/h5,10,13-14H,3-4,6-9H2,1-2H3,(H,15,16)/b11-5-. The van der Waals surface area contributed by atoms with E-state index in [0.29, 0.717) is 24.5 Å². The smallest absolute Gasteiger partial charge is 0.331 e. The molecule has 0 aromatic carbocycles. The Bertz CT molecular complexity index is 226. The molecule has 0 aliphatic carbocycles. The van der Waals surface area contributed by atoms with Gasteiger partial charge in [0.25, 0.3) is 0 Å². The second-order valence-electron chi connectivity index (χ2n) is 3.83. The van der Waals surface area contributed by atoms with Crippen LogP contribution in [0.4, 0.5) is 0 Å². The Morgan fingerprint density at radius 2 is 2.12 bits per heavy atom. The van der Waals surface area contributed by atoms with Crippen LogP contribution in [0.3, 0.4) is 0 Å². The molecular weight excluding hydrogens is 206 g/mol. The van der Waals surface area contributed by atoms with Crippen LogP contribution >= 0.6 is 0 Å². The molecule has 1 atom stereocenters. The Balaban J connectivity index is 3.83. The summed E-state index contributed by atoms with van der Waals surface area (Å²) in [4.78, 5) is 10.7. The van der Waals surface area contributed by atoms with E-state index >= 15 is 0 Å². The van der Waals surface area contributed by atoms with Gasteiger partial charge in [0.1, 0.15) is 0 Å². The first-order valence-corrected chi connectivity index (χ1v) is 5.89. The molecule has 4 heteroatoms. The van der Waals surface area contributed by atoms with Gasteiger partial charge in [-0.3, -0.25) is 0 Å². The van der Waals surface area contributed by atoms with Crippen LogP contribution in [0.1, 0.15) is 33.1 Å². The number of nitrogens with one attached hydrogen (secondary N) is 1. The highest BCUT2D eigenvalue weighted by Crippen LogP contribution is 2.05. The van der Waals surface area contributed by atoms with Gasteiger partial charge < -0.3 is 15.5 Å². The van der Waals surface area contributed by atoms with Crippen molar-refractivity contribution in [2.24, 2.45) is 5.92 Å². The predicted octanol–water partition coefficient (Wildman–Crippen LogP) is 1.41. The first-order valence-electron chi connectivity index (χ1n) is 5.89. The number of aliphatic hydroxyl groups excluding tert-OH is 1. The third kappa shape index (κ3) is 6.58. The lowest BCUT2D eigenvalue weighted by Gasteiger charge is -2.13. The van der Waals surface area contributed by atoms with E-state index in [0.717, 1.165) is 19.4 Å². The molecule has 0 bridgehead atoms. The van der Waals surface area contributed by atoms with E-state index in [4.69, 9.17) is 10.2 Å². The van der Waals surface area contributed by atoms with Gasteiger partial charge in [-0.1, -0.05) is 26.3 Å². The number of carboxylic acids is 1. The van der Waals surface area contributed by atoms with Crippen molar-refractivity contribution in [2.45, 2.75) is 33.1 Å². The molecule has 0 aliphatic heterocycles. The zero-order valence-electron chi connectivity index (χ0n) is 10.2. The van der Waals surface area contributed by atoms with Crippen LogP contribution in [0.15, 0.2) is 11.6 Å². The summed E-state index contributed by atoms with van der Waals surface area (Å²) in [5, 5.41) is 20.8. The van der Waals surface area contributed by atoms with Crippen LogP contribution in [0.5, 0.6) is 0 Å². The summed E-state index contributed by atoms with van der Waals surface area (Å²) >= 11 is 0. The molecule has 94 valence electrons. The molecule has 0 heterocycles. The summed E-state index contributed by atoms with van der Waals surface area (Å²) in [5.74, 6) is -0.375. The molecule has 0 amide bonds. The first-order chi connectivity index (χ1) is 7.65. The van der Waals surface area contributed by atoms with E-state index < -0.39 is 5.97 Å². The fraction of sp³-hybridized carbons (Fsp3) is 0.750. The normalized spacial score (nSPS) is 13.8. The van der Waals surface area contributed by atoms with Gasteiger partial charge in [0, 0.05) is 18.7 Å². The largest absolute Gasteiger partial charge is 0.478 e. The van der Waals surface area contributed by atoms with Crippen LogP contribution in [-0.4, -0.2) is 35.9 Å². The van der Waals surface area contributed by atoms with Crippen molar-refractivity contribution in [1.29, 1.82) is 0 Å². The highest BCUT2D eigenvalue weighted by molar-refractivity contribution is 5.86. The van der Waals surface area contributed by atoms with Crippen molar-refractivity contribution in [1.82, 2.24) is 5.32 Å². The Morgan fingerprint density at radius 1 is 1.44 bits per heavy atom. The molecule has 0 saturated heterocycles. The molecule has 0 aliphatic rings. The molecular formula is C12H23NO3. The molecule has 16 heavy (non-hydrogen) atoms. The molecule has 0 rings (SSSR count). The van der Waals surface area contributed by atoms with E-state index in [9.17, 15) is 4.79 Å². The average Bonchev–Trinajstić information content (AvgIpc) is 2.27. The van der Waals surface area contributed by atoms with Crippen LogP contribution in [0.2, 0.25) is 0 Å². The average molecular weight is 229 g/mol. The number of aliphatic hydroxyl groups is 1. The Morgan fingerprint density at radius 3 is 2.56 bits per heavy atom. The fourth-order valence-electron chi connectivity index (χ4n) is 1.50. The minimum absolute atomic E-state index is 0.214. The van der Waals surface area contributed by atoms with Gasteiger partial charge in [-0.05, 0) is 25.3 Å². The SMILES string of the molecule is CC/C(=C/CNCC(CC)CCO)C(=O)O. The van der Waals surface area contributed by atoms with Gasteiger partial charge in [0.05, 0.1) is 0 Å². The monoisotopic (exact) mass is 229 g/mol. The number of hydrogen-bond acceptors (Lipinski definition) is 3. The minimum Gasteiger partial charge on any atom is -0.478 e. The molecule has 3 N–H and O–H groups in total. The van der Waals surface area contributed by atoms with E-state index in [2.05, 4.69) is 12.2 Å². The Labute approximate surface area is 97.4 Å². The van der Waals surface area contributed by atoms with Crippen molar-refractivity contribution in [3.8, 4) is 0 Å². The maximum Gasteiger partial charge on any atom is 0.331 e. The van der Waals surface area contributed by atoms with Gasteiger partial charge in [-0.15, -0.1) is 0 Å². The lowest BCUT2D eigenvalue weighted by Crippen LogP contribution is -2.23. The zero-order chi connectivity index (χ0) is 12.4. The second-order valence-corrected chi connectivity index (χ2v) is 3.83. The number of carbonyl (C=O) groups is 1. The van der Waals surface area contributed by atoms with Gasteiger partial charge in [-0.25, -0.2) is 4.79 Å². The van der Waals surface area contributed by atoms with Crippen LogP contribution in [0, 0.1) is 5.92 Å². The molecule has 0 aromatic rings. The molecule has 0 fully saturated rings. The second kappa shape index (κ2) is 9.36. The first kappa shape index (κ1) is 15.1. The molecule has 0 radical (unpaired) electrons. The van der Waals surface area contributed by atoms with Crippen molar-refractivity contribution >= 4 is 5.97 Å². The number of aliphatic carboxylic acids is 1. The van der Waals surface area contributed by atoms with Crippen LogP contribution < -0.4 is 5.32 Å². The summed E-state index contributed by atoms with van der Waals surface area (Å²) in [6, 6.07) is 0. The summed E-state index contributed by atoms with van der Waals surface area (Å²) in [5.41, 5.74) is 0.447. The highest BCUT2D eigenvalue weighted by atomic mass is 16.4.